The van der Waals surface area contributed by atoms with Crippen molar-refractivity contribution in [3.63, 3.8) is 0 Å². The number of rotatable bonds is 7. The Balaban J connectivity index is 2.32. The van der Waals surface area contributed by atoms with Crippen molar-refractivity contribution < 1.29 is 0 Å². The molecule has 1 aliphatic carbocycles. The summed E-state index contributed by atoms with van der Waals surface area (Å²) in [6, 6.07) is 0.818. The van der Waals surface area contributed by atoms with E-state index in [1.165, 1.54) is 38.5 Å². The highest BCUT2D eigenvalue weighted by Crippen LogP contribution is 2.33. The maximum Gasteiger partial charge on any atom is 0.00978 e. The molecule has 0 aromatic heterocycles. The predicted molar refractivity (Wildman–Crippen MR) is 63.5 cm³/mol. The fourth-order valence-electron chi connectivity index (χ4n) is 2.53. The van der Waals surface area contributed by atoms with Crippen LogP contribution in [0.3, 0.4) is 0 Å². The van der Waals surface area contributed by atoms with Crippen LogP contribution in [0.15, 0.2) is 0 Å². The third-order valence-corrected chi connectivity index (χ3v) is 3.93. The van der Waals surface area contributed by atoms with E-state index in [0.717, 1.165) is 24.4 Å². The Kier molecular flexibility index (Phi) is 5.54. The molecule has 0 heterocycles. The minimum Gasteiger partial charge on any atom is -0.314 e. The molecule has 84 valence electrons. The van der Waals surface area contributed by atoms with Crippen LogP contribution in [-0.4, -0.2) is 12.6 Å². The summed E-state index contributed by atoms with van der Waals surface area (Å²) in [4.78, 5) is 0. The summed E-state index contributed by atoms with van der Waals surface area (Å²) in [7, 11) is 0. The van der Waals surface area contributed by atoms with E-state index in [4.69, 9.17) is 0 Å². The molecular weight excluding hydrogens is 170 g/mol. The second-order valence-corrected chi connectivity index (χ2v) is 4.77. The van der Waals surface area contributed by atoms with Gasteiger partial charge < -0.3 is 5.32 Å². The summed E-state index contributed by atoms with van der Waals surface area (Å²) < 4.78 is 0. The van der Waals surface area contributed by atoms with Crippen molar-refractivity contribution >= 4 is 0 Å². The average molecular weight is 197 g/mol. The third kappa shape index (κ3) is 3.27. The zero-order valence-corrected chi connectivity index (χ0v) is 10.2. The fourth-order valence-corrected chi connectivity index (χ4v) is 2.53. The molecule has 0 aromatic rings. The highest BCUT2D eigenvalue weighted by Gasteiger charge is 2.27. The second kappa shape index (κ2) is 6.44. The maximum atomic E-state index is 3.68. The first-order chi connectivity index (χ1) is 6.81. The lowest BCUT2D eigenvalue weighted by molar-refractivity contribution is 0.198. The van der Waals surface area contributed by atoms with Gasteiger partial charge in [0.05, 0.1) is 0 Å². The first kappa shape index (κ1) is 12.0. The van der Waals surface area contributed by atoms with Crippen LogP contribution in [0.4, 0.5) is 0 Å². The van der Waals surface area contributed by atoms with Crippen LogP contribution in [0.1, 0.15) is 59.3 Å². The van der Waals surface area contributed by atoms with Gasteiger partial charge in [-0.05, 0) is 37.6 Å². The SMILES string of the molecule is CCNC(CC(CC)CC)C1CCC1. The summed E-state index contributed by atoms with van der Waals surface area (Å²) >= 11 is 0. The van der Waals surface area contributed by atoms with E-state index in [-0.39, 0.29) is 0 Å². The van der Waals surface area contributed by atoms with Gasteiger partial charge in [0.15, 0.2) is 0 Å². The predicted octanol–water partition coefficient (Wildman–Crippen LogP) is 3.59. The zero-order valence-electron chi connectivity index (χ0n) is 10.2. The molecule has 0 spiro atoms. The Hall–Kier alpha value is -0.0400. The van der Waals surface area contributed by atoms with Crippen LogP contribution in [0, 0.1) is 11.8 Å². The molecule has 1 fully saturated rings. The molecule has 0 bridgehead atoms. The van der Waals surface area contributed by atoms with Crippen molar-refractivity contribution in [2.24, 2.45) is 11.8 Å². The Morgan fingerprint density at radius 1 is 1.14 bits per heavy atom. The number of hydrogen-bond acceptors (Lipinski definition) is 1. The summed E-state index contributed by atoms with van der Waals surface area (Å²) in [5.41, 5.74) is 0. The van der Waals surface area contributed by atoms with Crippen LogP contribution in [0.25, 0.3) is 0 Å². The highest BCUT2D eigenvalue weighted by molar-refractivity contribution is 4.83. The van der Waals surface area contributed by atoms with Crippen molar-refractivity contribution in [3.05, 3.63) is 0 Å². The topological polar surface area (TPSA) is 12.0 Å². The van der Waals surface area contributed by atoms with Gasteiger partial charge in [-0.3, -0.25) is 0 Å². The van der Waals surface area contributed by atoms with E-state index in [9.17, 15) is 0 Å². The lowest BCUT2D eigenvalue weighted by atomic mass is 9.76. The van der Waals surface area contributed by atoms with Crippen LogP contribution >= 0.6 is 0 Å². The number of hydrogen-bond donors (Lipinski definition) is 1. The standard InChI is InChI=1S/C13H27N/c1-4-11(5-2)10-13(14-6-3)12-8-7-9-12/h11-14H,4-10H2,1-3H3. The van der Waals surface area contributed by atoms with Crippen molar-refractivity contribution in [3.8, 4) is 0 Å². The van der Waals surface area contributed by atoms with Crippen molar-refractivity contribution in [1.29, 1.82) is 0 Å². The summed E-state index contributed by atoms with van der Waals surface area (Å²) in [6.45, 7) is 8.04. The van der Waals surface area contributed by atoms with E-state index in [1.54, 1.807) is 0 Å². The van der Waals surface area contributed by atoms with E-state index in [0.29, 0.717) is 0 Å². The fraction of sp³-hybridized carbons (Fsp3) is 1.00. The minimum atomic E-state index is 0.818. The first-order valence-electron chi connectivity index (χ1n) is 6.55. The lowest BCUT2D eigenvalue weighted by Crippen LogP contribution is -2.40. The van der Waals surface area contributed by atoms with Gasteiger partial charge in [-0.2, -0.15) is 0 Å². The van der Waals surface area contributed by atoms with Gasteiger partial charge in [-0.15, -0.1) is 0 Å². The van der Waals surface area contributed by atoms with Gasteiger partial charge in [0, 0.05) is 6.04 Å². The van der Waals surface area contributed by atoms with Crippen molar-refractivity contribution in [1.82, 2.24) is 5.32 Å². The molecule has 14 heavy (non-hydrogen) atoms. The molecule has 0 saturated heterocycles. The highest BCUT2D eigenvalue weighted by atomic mass is 14.9. The first-order valence-corrected chi connectivity index (χ1v) is 6.55. The Morgan fingerprint density at radius 3 is 2.14 bits per heavy atom. The third-order valence-electron chi connectivity index (χ3n) is 3.93. The van der Waals surface area contributed by atoms with Crippen molar-refractivity contribution in [2.45, 2.75) is 65.3 Å². The van der Waals surface area contributed by atoms with Crippen LogP contribution in [0.2, 0.25) is 0 Å². The molecule has 0 radical (unpaired) electrons. The monoisotopic (exact) mass is 197 g/mol. The van der Waals surface area contributed by atoms with Crippen LogP contribution in [0.5, 0.6) is 0 Å². The zero-order chi connectivity index (χ0) is 10.4. The van der Waals surface area contributed by atoms with E-state index >= 15 is 0 Å². The number of nitrogens with one attached hydrogen (secondary N) is 1. The molecule has 0 aromatic carbocycles. The molecule has 0 aliphatic heterocycles. The summed E-state index contributed by atoms with van der Waals surface area (Å²) in [5, 5.41) is 3.68. The molecule has 1 heteroatoms. The lowest BCUT2D eigenvalue weighted by Gasteiger charge is -2.36. The van der Waals surface area contributed by atoms with E-state index in [2.05, 4.69) is 26.1 Å². The maximum absolute atomic E-state index is 3.68. The molecule has 1 atom stereocenters. The molecule has 1 N–H and O–H groups in total. The van der Waals surface area contributed by atoms with Gasteiger partial charge in [0.2, 0.25) is 0 Å². The van der Waals surface area contributed by atoms with E-state index < -0.39 is 0 Å². The molecule has 1 unspecified atom stereocenters. The molecule has 1 rings (SSSR count). The minimum absolute atomic E-state index is 0.818. The average Bonchev–Trinajstić information content (AvgIpc) is 2.11. The Morgan fingerprint density at radius 2 is 1.79 bits per heavy atom. The quantitative estimate of drug-likeness (QED) is 0.657. The van der Waals surface area contributed by atoms with Gasteiger partial charge in [-0.1, -0.05) is 40.0 Å². The summed E-state index contributed by atoms with van der Waals surface area (Å²) in [6.07, 6.45) is 8.52. The van der Waals surface area contributed by atoms with Gasteiger partial charge >= 0.3 is 0 Å². The van der Waals surface area contributed by atoms with E-state index in [1.807, 2.05) is 0 Å². The normalized spacial score (nSPS) is 19.7. The molecule has 1 nitrogen and oxygen atoms in total. The summed E-state index contributed by atoms with van der Waals surface area (Å²) in [5.74, 6) is 1.94. The van der Waals surface area contributed by atoms with Crippen LogP contribution < -0.4 is 5.32 Å². The van der Waals surface area contributed by atoms with Gasteiger partial charge in [0.1, 0.15) is 0 Å². The van der Waals surface area contributed by atoms with Gasteiger partial charge in [0.25, 0.3) is 0 Å². The molecular formula is C13H27N. The molecule has 0 amide bonds. The van der Waals surface area contributed by atoms with Gasteiger partial charge in [-0.25, -0.2) is 0 Å². The Labute approximate surface area is 89.7 Å². The van der Waals surface area contributed by atoms with Crippen molar-refractivity contribution in [2.75, 3.05) is 6.54 Å². The largest absolute Gasteiger partial charge is 0.314 e. The Bertz CT molecular complexity index is 134. The second-order valence-electron chi connectivity index (χ2n) is 4.77. The molecule has 1 saturated carbocycles. The van der Waals surface area contributed by atoms with Crippen LogP contribution in [-0.2, 0) is 0 Å². The molecule has 1 aliphatic rings. The smallest absolute Gasteiger partial charge is 0.00978 e.